The first kappa shape index (κ1) is 24.5. The fourth-order valence-electron chi connectivity index (χ4n) is 6.48. The molecule has 0 spiro atoms. The topological polar surface area (TPSA) is 6.48 Å². The van der Waals surface area contributed by atoms with Crippen LogP contribution in [0.5, 0.6) is 0 Å². The van der Waals surface area contributed by atoms with Crippen molar-refractivity contribution in [1.29, 1.82) is 0 Å². The molecule has 1 heterocycles. The van der Waals surface area contributed by atoms with E-state index >= 15 is 0 Å². The van der Waals surface area contributed by atoms with Gasteiger partial charge in [0, 0.05) is 33.7 Å². The van der Waals surface area contributed by atoms with Gasteiger partial charge in [0.15, 0.2) is 0 Å². The molecule has 1 aliphatic carbocycles. The fourth-order valence-corrected chi connectivity index (χ4v) is 6.48. The van der Waals surface area contributed by atoms with Crippen LogP contribution >= 0.6 is 0 Å². The quantitative estimate of drug-likeness (QED) is 0.215. The van der Waals surface area contributed by atoms with E-state index in [4.69, 9.17) is 0 Å². The summed E-state index contributed by atoms with van der Waals surface area (Å²) < 4.78 is 0. The van der Waals surface area contributed by atoms with E-state index in [2.05, 4.69) is 168 Å². The van der Waals surface area contributed by atoms with Crippen LogP contribution < -0.4 is 9.80 Å². The fraction of sp³-hybridized carbons (Fsp3) is 0.0500. The Kier molecular flexibility index (Phi) is 5.97. The van der Waals surface area contributed by atoms with Gasteiger partial charge < -0.3 is 9.80 Å². The maximum absolute atomic E-state index is 2.45. The van der Waals surface area contributed by atoms with Crippen LogP contribution in [-0.2, 0) is 0 Å². The van der Waals surface area contributed by atoms with Gasteiger partial charge in [-0.2, -0.15) is 0 Å². The molecule has 6 aromatic carbocycles. The zero-order chi connectivity index (χ0) is 27.9. The van der Waals surface area contributed by atoms with Crippen LogP contribution in [0.2, 0.25) is 0 Å². The van der Waals surface area contributed by atoms with Crippen molar-refractivity contribution in [2.75, 3.05) is 9.80 Å². The van der Waals surface area contributed by atoms with Crippen molar-refractivity contribution < 1.29 is 0 Å². The third-order valence-corrected chi connectivity index (χ3v) is 8.33. The highest BCUT2D eigenvalue weighted by Gasteiger charge is 2.27. The van der Waals surface area contributed by atoms with E-state index in [0.29, 0.717) is 0 Å². The highest BCUT2D eigenvalue weighted by Crippen LogP contribution is 2.52. The van der Waals surface area contributed by atoms with Gasteiger partial charge in [0.1, 0.15) is 0 Å². The van der Waals surface area contributed by atoms with Gasteiger partial charge in [0.05, 0.1) is 11.4 Å². The molecule has 2 nitrogen and oxygen atoms in total. The Balaban J connectivity index is 1.42. The average Bonchev–Trinajstić information content (AvgIpc) is 3.06. The molecule has 0 unspecified atom stereocenters. The van der Waals surface area contributed by atoms with E-state index in [1.807, 2.05) is 0 Å². The molecule has 8 rings (SSSR count). The number of rotatable bonds is 5. The summed E-state index contributed by atoms with van der Waals surface area (Å²) in [5.41, 5.74) is 12.0. The van der Waals surface area contributed by atoms with E-state index in [1.165, 1.54) is 50.1 Å². The molecule has 0 fully saturated rings. The lowest BCUT2D eigenvalue weighted by atomic mass is 9.90. The van der Waals surface area contributed by atoms with E-state index in [9.17, 15) is 0 Å². The van der Waals surface area contributed by atoms with Crippen LogP contribution in [0.4, 0.5) is 28.4 Å². The largest absolute Gasteiger partial charge is 0.311 e. The third kappa shape index (κ3) is 4.12. The number of nitrogens with zero attached hydrogens (tertiary/aromatic N) is 2. The molecular formula is C40H30N2. The minimum absolute atomic E-state index is 1.04. The average molecular weight is 539 g/mol. The Labute approximate surface area is 247 Å². The van der Waals surface area contributed by atoms with Crippen molar-refractivity contribution in [2.45, 2.75) is 12.8 Å². The molecule has 6 aromatic rings. The Morgan fingerprint density at radius 3 is 2.05 bits per heavy atom. The first-order chi connectivity index (χ1) is 20.8. The SMILES string of the molecule is C1=CC(N(c2ccccc2)c2cc(-c3ccccc3)cc(N3c4ccccc4-c4cccc5cccc3c45)c2)=CCC1. The molecule has 0 N–H and O–H groups in total. The standard InChI is InChI=1S/C40H30N2/c1-4-14-29(15-5-1)31-26-34(41(32-18-6-2-7-19-32)33-20-8-3-9-21-33)28-35(27-31)42-38-24-11-10-22-36(38)37-23-12-16-30-17-13-25-39(42)40(30)37/h1-2,4-8,10-28H,3,9H2. The van der Waals surface area contributed by atoms with Crippen LogP contribution in [0, 0.1) is 0 Å². The van der Waals surface area contributed by atoms with E-state index < -0.39 is 0 Å². The maximum Gasteiger partial charge on any atom is 0.0546 e. The normalized spacial score (nSPS) is 13.5. The molecule has 0 radical (unpaired) electrons. The molecule has 42 heavy (non-hydrogen) atoms. The van der Waals surface area contributed by atoms with Crippen molar-refractivity contribution in [1.82, 2.24) is 0 Å². The first-order valence-electron chi connectivity index (χ1n) is 14.7. The lowest BCUT2D eigenvalue weighted by molar-refractivity contribution is 0.997. The van der Waals surface area contributed by atoms with Gasteiger partial charge in [-0.1, -0.05) is 109 Å². The highest BCUT2D eigenvalue weighted by molar-refractivity contribution is 6.14. The monoisotopic (exact) mass is 538 g/mol. The maximum atomic E-state index is 2.45. The van der Waals surface area contributed by atoms with Gasteiger partial charge in [0.2, 0.25) is 0 Å². The second-order valence-electron chi connectivity index (χ2n) is 10.9. The van der Waals surface area contributed by atoms with E-state index in [-0.39, 0.29) is 0 Å². The Bertz CT molecular complexity index is 1980. The predicted octanol–water partition coefficient (Wildman–Crippen LogP) is 11.3. The Hall–Kier alpha value is -5.34. The van der Waals surface area contributed by atoms with Gasteiger partial charge in [-0.3, -0.25) is 0 Å². The summed E-state index contributed by atoms with van der Waals surface area (Å²) >= 11 is 0. The van der Waals surface area contributed by atoms with Crippen molar-refractivity contribution in [3.63, 3.8) is 0 Å². The summed E-state index contributed by atoms with van der Waals surface area (Å²) in [6.45, 7) is 0. The zero-order valence-corrected chi connectivity index (χ0v) is 23.3. The number of allylic oxidation sites excluding steroid dienone is 3. The van der Waals surface area contributed by atoms with Gasteiger partial charge in [-0.25, -0.2) is 0 Å². The minimum Gasteiger partial charge on any atom is -0.311 e. The molecule has 0 amide bonds. The second kappa shape index (κ2) is 10.2. The van der Waals surface area contributed by atoms with Crippen LogP contribution in [0.3, 0.4) is 0 Å². The summed E-state index contributed by atoms with van der Waals surface area (Å²) in [4.78, 5) is 4.85. The molecule has 1 aliphatic heterocycles. The zero-order valence-electron chi connectivity index (χ0n) is 23.3. The number of anilines is 5. The lowest BCUT2D eigenvalue weighted by Crippen LogP contribution is -2.18. The number of benzene rings is 6. The molecular weight excluding hydrogens is 508 g/mol. The van der Waals surface area contributed by atoms with Crippen molar-refractivity contribution >= 4 is 39.2 Å². The van der Waals surface area contributed by atoms with Gasteiger partial charge in [-0.15, -0.1) is 0 Å². The predicted molar refractivity (Wildman–Crippen MR) is 178 cm³/mol. The van der Waals surface area contributed by atoms with E-state index in [0.717, 1.165) is 29.9 Å². The summed E-state index contributed by atoms with van der Waals surface area (Å²) in [5, 5.41) is 2.55. The van der Waals surface area contributed by atoms with Crippen molar-refractivity contribution in [3.8, 4) is 22.3 Å². The number of para-hydroxylation sites is 2. The second-order valence-corrected chi connectivity index (χ2v) is 10.9. The van der Waals surface area contributed by atoms with Crippen LogP contribution in [0.15, 0.2) is 163 Å². The number of fused-ring (bicyclic) bond motifs is 2. The molecule has 0 saturated heterocycles. The van der Waals surface area contributed by atoms with Gasteiger partial charge >= 0.3 is 0 Å². The summed E-state index contributed by atoms with van der Waals surface area (Å²) in [5.74, 6) is 0. The summed E-state index contributed by atoms with van der Waals surface area (Å²) in [6.07, 6.45) is 9.02. The molecule has 0 atom stereocenters. The van der Waals surface area contributed by atoms with E-state index in [1.54, 1.807) is 0 Å². The van der Waals surface area contributed by atoms with Gasteiger partial charge in [0.25, 0.3) is 0 Å². The molecule has 2 heteroatoms. The Morgan fingerprint density at radius 1 is 0.524 bits per heavy atom. The van der Waals surface area contributed by atoms with Crippen LogP contribution in [-0.4, -0.2) is 0 Å². The molecule has 200 valence electrons. The summed E-state index contributed by atoms with van der Waals surface area (Å²) in [6, 6.07) is 50.6. The summed E-state index contributed by atoms with van der Waals surface area (Å²) in [7, 11) is 0. The number of hydrogen-bond acceptors (Lipinski definition) is 2. The van der Waals surface area contributed by atoms with Crippen LogP contribution in [0.1, 0.15) is 12.8 Å². The van der Waals surface area contributed by atoms with Crippen molar-refractivity contribution in [3.05, 3.63) is 163 Å². The smallest absolute Gasteiger partial charge is 0.0546 e. The first-order valence-corrected chi connectivity index (χ1v) is 14.7. The Morgan fingerprint density at radius 2 is 1.24 bits per heavy atom. The molecule has 0 bridgehead atoms. The molecule has 2 aliphatic rings. The number of hydrogen-bond donors (Lipinski definition) is 0. The van der Waals surface area contributed by atoms with Gasteiger partial charge in [-0.05, 0) is 83.5 Å². The molecule has 0 saturated carbocycles. The minimum atomic E-state index is 1.04. The van der Waals surface area contributed by atoms with Crippen molar-refractivity contribution in [2.24, 2.45) is 0 Å². The third-order valence-electron chi connectivity index (χ3n) is 8.33. The highest BCUT2D eigenvalue weighted by atomic mass is 15.2. The lowest BCUT2D eigenvalue weighted by Gasteiger charge is -2.35. The van der Waals surface area contributed by atoms with Crippen LogP contribution in [0.25, 0.3) is 33.0 Å². The molecule has 0 aromatic heterocycles.